The van der Waals surface area contributed by atoms with Gasteiger partial charge in [0.05, 0.1) is 12.8 Å². The second kappa shape index (κ2) is 8.45. The fourth-order valence-electron chi connectivity index (χ4n) is 2.14. The highest BCUT2D eigenvalue weighted by Gasteiger charge is 2.05. The molecule has 0 atom stereocenters. The van der Waals surface area contributed by atoms with Crippen molar-refractivity contribution in [2.45, 2.75) is 13.8 Å². The monoisotopic (exact) mass is 333 g/mol. The molecule has 7 heteroatoms. The SMILES string of the molecule is CCN(CCO)c1ccc(/C=N/Nc2ccc(Cl)nn2)c(C)c1. The Morgan fingerprint density at radius 2 is 2.13 bits per heavy atom. The number of likely N-dealkylation sites (N-methyl/N-ethyl adjacent to an activating group) is 1. The third-order valence-corrected chi connectivity index (χ3v) is 3.59. The summed E-state index contributed by atoms with van der Waals surface area (Å²) in [6.45, 7) is 5.71. The van der Waals surface area contributed by atoms with Crippen molar-refractivity contribution in [3.05, 3.63) is 46.6 Å². The van der Waals surface area contributed by atoms with Gasteiger partial charge >= 0.3 is 0 Å². The van der Waals surface area contributed by atoms with Crippen LogP contribution < -0.4 is 10.3 Å². The highest BCUT2D eigenvalue weighted by molar-refractivity contribution is 6.29. The second-order valence-corrected chi connectivity index (χ2v) is 5.34. The Kier molecular flexibility index (Phi) is 6.31. The van der Waals surface area contributed by atoms with Gasteiger partial charge in [0.2, 0.25) is 0 Å². The third-order valence-electron chi connectivity index (χ3n) is 3.38. The van der Waals surface area contributed by atoms with E-state index in [1.165, 1.54) is 0 Å². The van der Waals surface area contributed by atoms with E-state index in [-0.39, 0.29) is 6.61 Å². The molecule has 2 aromatic rings. The van der Waals surface area contributed by atoms with Crippen molar-refractivity contribution in [1.82, 2.24) is 10.2 Å². The Hall–Kier alpha value is -2.18. The number of hydrogen-bond donors (Lipinski definition) is 2. The largest absolute Gasteiger partial charge is 0.395 e. The molecule has 23 heavy (non-hydrogen) atoms. The van der Waals surface area contributed by atoms with E-state index in [1.54, 1.807) is 18.3 Å². The zero-order valence-corrected chi connectivity index (χ0v) is 14.0. The molecule has 0 radical (unpaired) electrons. The van der Waals surface area contributed by atoms with Gasteiger partial charge in [-0.25, -0.2) is 0 Å². The quantitative estimate of drug-likeness (QED) is 0.602. The van der Waals surface area contributed by atoms with Gasteiger partial charge in [0.15, 0.2) is 11.0 Å². The topological polar surface area (TPSA) is 73.6 Å². The molecule has 6 nitrogen and oxygen atoms in total. The number of rotatable bonds is 7. The van der Waals surface area contributed by atoms with Gasteiger partial charge in [-0.1, -0.05) is 17.7 Å². The smallest absolute Gasteiger partial charge is 0.168 e. The van der Waals surface area contributed by atoms with E-state index >= 15 is 0 Å². The molecule has 2 rings (SSSR count). The zero-order chi connectivity index (χ0) is 16.7. The molecule has 0 saturated carbocycles. The Morgan fingerprint density at radius 1 is 1.30 bits per heavy atom. The summed E-state index contributed by atoms with van der Waals surface area (Å²) in [5, 5.41) is 21.2. The van der Waals surface area contributed by atoms with Crippen LogP contribution in [0.5, 0.6) is 0 Å². The Morgan fingerprint density at radius 3 is 2.74 bits per heavy atom. The molecule has 1 heterocycles. The highest BCUT2D eigenvalue weighted by Crippen LogP contribution is 2.18. The van der Waals surface area contributed by atoms with E-state index < -0.39 is 0 Å². The Balaban J connectivity index is 2.05. The second-order valence-electron chi connectivity index (χ2n) is 4.96. The predicted octanol–water partition coefficient (Wildman–Crippen LogP) is 2.70. The first kappa shape index (κ1) is 17.2. The molecule has 1 aromatic carbocycles. The van der Waals surface area contributed by atoms with Crippen LogP contribution >= 0.6 is 11.6 Å². The molecule has 0 aliphatic heterocycles. The highest BCUT2D eigenvalue weighted by atomic mass is 35.5. The van der Waals surface area contributed by atoms with E-state index in [0.29, 0.717) is 17.5 Å². The Bertz CT molecular complexity index is 660. The minimum atomic E-state index is 0.141. The van der Waals surface area contributed by atoms with Crippen LogP contribution in [0, 0.1) is 6.92 Å². The first-order valence-corrected chi connectivity index (χ1v) is 7.76. The van der Waals surface area contributed by atoms with Gasteiger partial charge in [-0.05, 0) is 49.2 Å². The van der Waals surface area contributed by atoms with Crippen LogP contribution in [0.4, 0.5) is 11.5 Å². The lowest BCUT2D eigenvalue weighted by Crippen LogP contribution is -2.26. The van der Waals surface area contributed by atoms with E-state index in [2.05, 4.69) is 38.6 Å². The van der Waals surface area contributed by atoms with Crippen LogP contribution in [0.25, 0.3) is 0 Å². The normalized spacial score (nSPS) is 11.0. The van der Waals surface area contributed by atoms with Crippen LogP contribution in [0.15, 0.2) is 35.4 Å². The predicted molar refractivity (Wildman–Crippen MR) is 94.4 cm³/mol. The maximum Gasteiger partial charge on any atom is 0.168 e. The van der Waals surface area contributed by atoms with E-state index in [9.17, 15) is 0 Å². The van der Waals surface area contributed by atoms with Crippen molar-refractivity contribution in [2.24, 2.45) is 5.10 Å². The summed E-state index contributed by atoms with van der Waals surface area (Å²) in [6, 6.07) is 9.46. The van der Waals surface area contributed by atoms with Crippen molar-refractivity contribution in [3.8, 4) is 0 Å². The number of aryl methyl sites for hydroxylation is 1. The minimum Gasteiger partial charge on any atom is -0.395 e. The van der Waals surface area contributed by atoms with E-state index in [4.69, 9.17) is 16.7 Å². The van der Waals surface area contributed by atoms with Crippen molar-refractivity contribution in [2.75, 3.05) is 30.0 Å². The van der Waals surface area contributed by atoms with Gasteiger partial charge in [0, 0.05) is 18.8 Å². The standard InChI is InChI=1S/C16H20ClN5O/c1-3-22(8-9-23)14-5-4-13(12(2)10-14)11-18-20-16-7-6-15(17)19-21-16/h4-7,10-11,23H,3,8-9H2,1-2H3,(H,20,21)/b18-11+. The Labute approximate surface area is 140 Å². The molecular formula is C16H20ClN5O. The molecule has 0 aliphatic carbocycles. The van der Waals surface area contributed by atoms with Gasteiger partial charge in [-0.2, -0.15) is 5.10 Å². The number of aromatic nitrogens is 2. The lowest BCUT2D eigenvalue weighted by atomic mass is 10.1. The molecule has 0 spiro atoms. The number of aliphatic hydroxyl groups excluding tert-OH is 1. The lowest BCUT2D eigenvalue weighted by molar-refractivity contribution is 0.302. The average Bonchev–Trinajstić information content (AvgIpc) is 2.56. The summed E-state index contributed by atoms with van der Waals surface area (Å²) in [7, 11) is 0. The van der Waals surface area contributed by atoms with Crippen molar-refractivity contribution in [1.29, 1.82) is 0 Å². The first-order valence-electron chi connectivity index (χ1n) is 7.38. The summed E-state index contributed by atoms with van der Waals surface area (Å²) >= 11 is 5.68. The van der Waals surface area contributed by atoms with Gasteiger partial charge in [-0.15, -0.1) is 10.2 Å². The zero-order valence-electron chi connectivity index (χ0n) is 13.2. The van der Waals surface area contributed by atoms with Crippen molar-refractivity contribution < 1.29 is 5.11 Å². The van der Waals surface area contributed by atoms with Gasteiger partial charge < -0.3 is 10.0 Å². The van der Waals surface area contributed by atoms with Crippen molar-refractivity contribution in [3.63, 3.8) is 0 Å². The number of nitrogens with one attached hydrogen (secondary N) is 1. The van der Waals surface area contributed by atoms with Crippen LogP contribution in [-0.2, 0) is 0 Å². The number of anilines is 2. The molecule has 122 valence electrons. The average molecular weight is 334 g/mol. The maximum atomic E-state index is 9.10. The number of aliphatic hydroxyl groups is 1. The van der Waals surface area contributed by atoms with Gasteiger partial charge in [0.1, 0.15) is 0 Å². The number of nitrogens with zero attached hydrogens (tertiary/aromatic N) is 4. The molecule has 0 amide bonds. The molecule has 0 bridgehead atoms. The number of halogens is 1. The summed E-state index contributed by atoms with van der Waals surface area (Å²) < 4.78 is 0. The number of hydrazone groups is 1. The van der Waals surface area contributed by atoms with Crippen LogP contribution in [0.1, 0.15) is 18.1 Å². The molecular weight excluding hydrogens is 314 g/mol. The van der Waals surface area contributed by atoms with Crippen molar-refractivity contribution >= 4 is 29.3 Å². The first-order chi connectivity index (χ1) is 11.1. The minimum absolute atomic E-state index is 0.141. The number of benzene rings is 1. The van der Waals surface area contributed by atoms with Gasteiger partial charge in [0.25, 0.3) is 0 Å². The van der Waals surface area contributed by atoms with E-state index in [0.717, 1.165) is 23.4 Å². The molecule has 1 aromatic heterocycles. The summed E-state index contributed by atoms with van der Waals surface area (Å²) in [6.07, 6.45) is 1.73. The van der Waals surface area contributed by atoms with Crippen LogP contribution in [0.2, 0.25) is 5.15 Å². The third kappa shape index (κ3) is 4.91. The molecule has 2 N–H and O–H groups in total. The summed E-state index contributed by atoms with van der Waals surface area (Å²) in [5.41, 5.74) is 6.01. The van der Waals surface area contributed by atoms with Crippen LogP contribution in [-0.4, -0.2) is 41.2 Å². The number of hydrogen-bond acceptors (Lipinski definition) is 6. The molecule has 0 fully saturated rings. The fourth-order valence-corrected chi connectivity index (χ4v) is 2.24. The molecule has 0 unspecified atom stereocenters. The van der Waals surface area contributed by atoms with Crippen LogP contribution in [0.3, 0.4) is 0 Å². The molecule has 0 saturated heterocycles. The maximum absolute atomic E-state index is 9.10. The van der Waals surface area contributed by atoms with E-state index in [1.807, 2.05) is 19.1 Å². The summed E-state index contributed by atoms with van der Waals surface area (Å²) in [4.78, 5) is 2.12. The molecule has 0 aliphatic rings. The lowest BCUT2D eigenvalue weighted by Gasteiger charge is -2.22. The van der Waals surface area contributed by atoms with Gasteiger partial charge in [-0.3, -0.25) is 5.43 Å². The summed E-state index contributed by atoms with van der Waals surface area (Å²) in [5.74, 6) is 0.528. The fraction of sp³-hybridized carbons (Fsp3) is 0.312.